The van der Waals surface area contributed by atoms with Crippen LogP contribution in [0.5, 0.6) is 0 Å². The van der Waals surface area contributed by atoms with Crippen molar-refractivity contribution in [3.05, 3.63) is 23.5 Å². The summed E-state index contributed by atoms with van der Waals surface area (Å²) in [6.45, 7) is 6.70. The molecule has 0 unspecified atom stereocenters. The number of pyridine rings is 1. The highest BCUT2D eigenvalue weighted by Gasteiger charge is 2.21. The molecular formula is C14H20N2O5. The quantitative estimate of drug-likeness (QED) is 0.826. The van der Waals surface area contributed by atoms with Crippen LogP contribution in [0.1, 0.15) is 43.9 Å². The highest BCUT2D eigenvalue weighted by atomic mass is 16.6. The minimum absolute atomic E-state index is 0.0748. The number of ether oxygens (including phenoxy) is 2. The molecule has 1 amide bonds. The number of esters is 1. The Bertz CT molecular complexity index is 523. The van der Waals surface area contributed by atoms with Crippen LogP contribution in [0.2, 0.25) is 0 Å². The predicted octanol–water partition coefficient (Wildman–Crippen LogP) is 2.10. The normalized spacial score (nSPS) is 10.9. The monoisotopic (exact) mass is 296 g/mol. The number of anilines is 1. The zero-order chi connectivity index (χ0) is 16.0. The van der Waals surface area contributed by atoms with Crippen LogP contribution in [0.15, 0.2) is 12.1 Å². The maximum absolute atomic E-state index is 11.8. The summed E-state index contributed by atoms with van der Waals surface area (Å²) in [5, 5.41) is 11.5. The van der Waals surface area contributed by atoms with Gasteiger partial charge in [-0.3, -0.25) is 5.32 Å². The molecule has 1 rings (SSSR count). The number of nitrogens with zero attached hydrogens (tertiary/aromatic N) is 1. The van der Waals surface area contributed by atoms with Crippen molar-refractivity contribution in [1.82, 2.24) is 4.98 Å². The van der Waals surface area contributed by atoms with Gasteiger partial charge in [0.05, 0.1) is 24.6 Å². The van der Waals surface area contributed by atoms with Gasteiger partial charge in [0.25, 0.3) is 0 Å². The van der Waals surface area contributed by atoms with Crippen molar-refractivity contribution in [3.8, 4) is 0 Å². The van der Waals surface area contributed by atoms with Gasteiger partial charge in [-0.25, -0.2) is 14.6 Å². The van der Waals surface area contributed by atoms with Gasteiger partial charge < -0.3 is 14.6 Å². The van der Waals surface area contributed by atoms with Gasteiger partial charge in [-0.05, 0) is 39.8 Å². The maximum Gasteiger partial charge on any atom is 0.412 e. The summed E-state index contributed by atoms with van der Waals surface area (Å²) in [7, 11) is 0. The molecule has 0 spiro atoms. The number of nitrogens with one attached hydrogen (secondary N) is 1. The van der Waals surface area contributed by atoms with E-state index in [1.165, 1.54) is 12.1 Å². The van der Waals surface area contributed by atoms with Gasteiger partial charge >= 0.3 is 12.1 Å². The van der Waals surface area contributed by atoms with Crippen LogP contribution in [0, 0.1) is 0 Å². The summed E-state index contributed by atoms with van der Waals surface area (Å²) in [4.78, 5) is 27.6. The van der Waals surface area contributed by atoms with E-state index in [0.717, 1.165) is 0 Å². The molecule has 1 aromatic heterocycles. The van der Waals surface area contributed by atoms with Gasteiger partial charge in [-0.2, -0.15) is 0 Å². The fraction of sp³-hybridized carbons (Fsp3) is 0.500. The van der Waals surface area contributed by atoms with Gasteiger partial charge in [0.2, 0.25) is 0 Å². The molecule has 0 aliphatic heterocycles. The number of aromatic nitrogens is 1. The largest absolute Gasteiger partial charge is 0.461 e. The molecule has 0 atom stereocenters. The summed E-state index contributed by atoms with van der Waals surface area (Å²) in [5.74, 6) is -0.682. The molecule has 0 radical (unpaired) electrons. The Balaban J connectivity index is 3.00. The second-order valence-electron chi connectivity index (χ2n) is 5.20. The molecule has 0 saturated carbocycles. The van der Waals surface area contributed by atoms with Gasteiger partial charge in [-0.15, -0.1) is 0 Å². The highest BCUT2D eigenvalue weighted by molar-refractivity contribution is 5.98. The number of hydrogen-bond donors (Lipinski definition) is 2. The standard InChI is InChI=1S/C14H20N2O5/c1-5-20-12(18)11-10(7-6-9(8-17)15-11)16-13(19)21-14(2,3)4/h6-7,17H,5,8H2,1-4H3,(H,16,19). The van der Waals surface area contributed by atoms with Crippen molar-refractivity contribution in [2.24, 2.45) is 0 Å². The smallest absolute Gasteiger partial charge is 0.412 e. The third-order valence-electron chi connectivity index (χ3n) is 2.22. The predicted molar refractivity (Wildman–Crippen MR) is 76.0 cm³/mol. The molecule has 0 saturated heterocycles. The van der Waals surface area contributed by atoms with Crippen LogP contribution in [0.3, 0.4) is 0 Å². The Morgan fingerprint density at radius 1 is 1.33 bits per heavy atom. The van der Waals surface area contributed by atoms with E-state index in [1.54, 1.807) is 27.7 Å². The van der Waals surface area contributed by atoms with Crippen LogP contribution in [0.4, 0.5) is 10.5 Å². The number of carbonyl (C=O) groups is 2. The average molecular weight is 296 g/mol. The SMILES string of the molecule is CCOC(=O)c1nc(CO)ccc1NC(=O)OC(C)(C)C. The Morgan fingerprint density at radius 2 is 2.00 bits per heavy atom. The van der Waals surface area contributed by atoms with Gasteiger partial charge in [0.1, 0.15) is 5.60 Å². The Morgan fingerprint density at radius 3 is 2.52 bits per heavy atom. The Labute approximate surface area is 123 Å². The van der Waals surface area contributed by atoms with Crippen molar-refractivity contribution in [3.63, 3.8) is 0 Å². The van der Waals surface area contributed by atoms with E-state index in [0.29, 0.717) is 5.69 Å². The van der Waals surface area contributed by atoms with Crippen molar-refractivity contribution in [2.75, 3.05) is 11.9 Å². The van der Waals surface area contributed by atoms with E-state index in [-0.39, 0.29) is 24.6 Å². The molecule has 7 heteroatoms. The summed E-state index contributed by atoms with van der Waals surface area (Å²) in [6.07, 6.45) is -0.702. The number of hydrogen-bond acceptors (Lipinski definition) is 6. The molecule has 0 aliphatic rings. The van der Waals surface area contributed by atoms with Crippen molar-refractivity contribution in [1.29, 1.82) is 0 Å². The lowest BCUT2D eigenvalue weighted by molar-refractivity contribution is 0.0520. The third kappa shape index (κ3) is 5.39. The molecule has 21 heavy (non-hydrogen) atoms. The molecule has 116 valence electrons. The minimum atomic E-state index is -0.702. The molecule has 0 fully saturated rings. The van der Waals surface area contributed by atoms with Crippen molar-refractivity contribution < 1.29 is 24.2 Å². The lowest BCUT2D eigenvalue weighted by Gasteiger charge is -2.20. The summed E-state index contributed by atoms with van der Waals surface area (Å²) in [5.41, 5.74) is -0.269. The van der Waals surface area contributed by atoms with Crippen LogP contribution in [-0.4, -0.2) is 34.4 Å². The molecule has 1 aromatic rings. The van der Waals surface area contributed by atoms with Gasteiger partial charge in [-0.1, -0.05) is 0 Å². The van der Waals surface area contributed by atoms with E-state index < -0.39 is 17.7 Å². The topological polar surface area (TPSA) is 97.8 Å². The first kappa shape index (κ1) is 16.9. The fourth-order valence-electron chi connectivity index (χ4n) is 1.46. The van der Waals surface area contributed by atoms with Crippen LogP contribution in [0.25, 0.3) is 0 Å². The first-order valence-corrected chi connectivity index (χ1v) is 6.54. The molecule has 2 N–H and O–H groups in total. The summed E-state index contributed by atoms with van der Waals surface area (Å²) in [6, 6.07) is 2.96. The summed E-state index contributed by atoms with van der Waals surface area (Å²) >= 11 is 0. The first-order chi connectivity index (χ1) is 9.76. The molecular weight excluding hydrogens is 276 g/mol. The summed E-state index contributed by atoms with van der Waals surface area (Å²) < 4.78 is 9.99. The zero-order valence-corrected chi connectivity index (χ0v) is 12.6. The van der Waals surface area contributed by atoms with Gasteiger partial charge in [0, 0.05) is 0 Å². The maximum atomic E-state index is 11.8. The zero-order valence-electron chi connectivity index (χ0n) is 12.6. The van der Waals surface area contributed by atoms with Crippen LogP contribution >= 0.6 is 0 Å². The number of amides is 1. The molecule has 1 heterocycles. The molecule has 0 aliphatic carbocycles. The van der Waals surface area contributed by atoms with Crippen LogP contribution < -0.4 is 5.32 Å². The van der Waals surface area contributed by atoms with Gasteiger partial charge in [0.15, 0.2) is 5.69 Å². The van der Waals surface area contributed by atoms with Crippen molar-refractivity contribution in [2.45, 2.75) is 39.9 Å². The highest BCUT2D eigenvalue weighted by Crippen LogP contribution is 2.17. The molecule has 7 nitrogen and oxygen atoms in total. The van der Waals surface area contributed by atoms with E-state index >= 15 is 0 Å². The lowest BCUT2D eigenvalue weighted by atomic mass is 10.2. The second-order valence-corrected chi connectivity index (χ2v) is 5.20. The number of aliphatic hydroxyl groups excluding tert-OH is 1. The average Bonchev–Trinajstić information content (AvgIpc) is 2.37. The van der Waals surface area contributed by atoms with Crippen molar-refractivity contribution >= 4 is 17.7 Å². The Kier molecular flexibility index (Phi) is 5.66. The number of carbonyl (C=O) groups excluding carboxylic acids is 2. The third-order valence-corrected chi connectivity index (χ3v) is 2.22. The first-order valence-electron chi connectivity index (χ1n) is 6.54. The second kappa shape index (κ2) is 7.03. The minimum Gasteiger partial charge on any atom is -0.461 e. The Hall–Kier alpha value is -2.15. The van der Waals surface area contributed by atoms with E-state index in [9.17, 15) is 9.59 Å². The molecule has 0 bridgehead atoms. The van der Waals surface area contributed by atoms with E-state index in [2.05, 4.69) is 10.3 Å². The fourth-order valence-corrected chi connectivity index (χ4v) is 1.46. The molecule has 0 aromatic carbocycles. The number of aliphatic hydroxyl groups is 1. The van der Waals surface area contributed by atoms with E-state index in [1.807, 2.05) is 0 Å². The van der Waals surface area contributed by atoms with Crippen LogP contribution in [-0.2, 0) is 16.1 Å². The lowest BCUT2D eigenvalue weighted by Crippen LogP contribution is -2.28. The van der Waals surface area contributed by atoms with E-state index in [4.69, 9.17) is 14.6 Å². The number of rotatable bonds is 4.